The molecule has 0 radical (unpaired) electrons. The van der Waals surface area contributed by atoms with Gasteiger partial charge in [-0.1, -0.05) is 19.1 Å². The minimum atomic E-state index is -0.839. The van der Waals surface area contributed by atoms with Crippen LogP contribution in [0.2, 0.25) is 0 Å². The molecule has 0 aliphatic heterocycles. The SMILES string of the molecule is CC(Cc1ccc(NC(=O)c2cc3c([nH]c2=O)CCCC3)cc1)C(=O)O. The maximum Gasteiger partial charge on any atom is 0.306 e. The van der Waals surface area contributed by atoms with Gasteiger partial charge in [-0.05, 0) is 61.4 Å². The van der Waals surface area contributed by atoms with Crippen molar-refractivity contribution >= 4 is 17.6 Å². The molecular formula is C20H22N2O4. The number of carbonyl (C=O) groups excluding carboxylic acids is 1. The number of aryl methyl sites for hydroxylation is 2. The van der Waals surface area contributed by atoms with Gasteiger partial charge in [-0.25, -0.2) is 0 Å². The molecule has 0 saturated heterocycles. The van der Waals surface area contributed by atoms with E-state index in [0.29, 0.717) is 12.1 Å². The summed E-state index contributed by atoms with van der Waals surface area (Å²) in [6.45, 7) is 1.65. The summed E-state index contributed by atoms with van der Waals surface area (Å²) in [5, 5.41) is 11.7. The van der Waals surface area contributed by atoms with Crippen LogP contribution in [0.25, 0.3) is 0 Å². The van der Waals surface area contributed by atoms with Crippen molar-refractivity contribution < 1.29 is 14.7 Å². The van der Waals surface area contributed by atoms with Crippen LogP contribution in [0.4, 0.5) is 5.69 Å². The number of aromatic nitrogens is 1. The minimum Gasteiger partial charge on any atom is -0.481 e. The number of hydrogen-bond acceptors (Lipinski definition) is 3. The average Bonchev–Trinajstić information content (AvgIpc) is 2.62. The van der Waals surface area contributed by atoms with E-state index in [4.69, 9.17) is 5.11 Å². The standard InChI is InChI=1S/C20H22N2O4/c1-12(20(25)26)10-13-6-8-15(9-7-13)21-18(23)16-11-14-4-2-3-5-17(14)22-19(16)24/h6-9,11-12H,2-5,10H2,1H3,(H,21,23)(H,22,24)(H,25,26). The smallest absolute Gasteiger partial charge is 0.306 e. The Bertz CT molecular complexity index is 884. The van der Waals surface area contributed by atoms with E-state index in [-0.39, 0.29) is 11.1 Å². The number of carboxylic acids is 1. The van der Waals surface area contributed by atoms with E-state index in [1.165, 1.54) is 0 Å². The molecule has 1 aromatic carbocycles. The molecular weight excluding hydrogens is 332 g/mol. The molecule has 2 aromatic rings. The highest BCUT2D eigenvalue weighted by Crippen LogP contribution is 2.19. The maximum atomic E-state index is 12.5. The fourth-order valence-electron chi connectivity index (χ4n) is 3.21. The predicted molar refractivity (Wildman–Crippen MR) is 98.6 cm³/mol. The first kappa shape index (κ1) is 17.9. The quantitative estimate of drug-likeness (QED) is 0.769. The van der Waals surface area contributed by atoms with Gasteiger partial charge in [0.25, 0.3) is 11.5 Å². The summed E-state index contributed by atoms with van der Waals surface area (Å²) in [7, 11) is 0. The number of carbonyl (C=O) groups is 2. The molecule has 6 nitrogen and oxygen atoms in total. The molecule has 0 spiro atoms. The lowest BCUT2D eigenvalue weighted by atomic mass is 9.95. The number of aliphatic carboxylic acids is 1. The number of benzene rings is 1. The zero-order chi connectivity index (χ0) is 18.7. The Kier molecular flexibility index (Phi) is 5.21. The molecule has 0 fully saturated rings. The molecule has 136 valence electrons. The lowest BCUT2D eigenvalue weighted by Crippen LogP contribution is -2.26. The highest BCUT2D eigenvalue weighted by atomic mass is 16.4. The number of hydrogen-bond donors (Lipinski definition) is 3. The number of rotatable bonds is 5. The van der Waals surface area contributed by atoms with Gasteiger partial charge in [-0.3, -0.25) is 14.4 Å². The van der Waals surface area contributed by atoms with Crippen molar-refractivity contribution in [1.82, 2.24) is 4.98 Å². The van der Waals surface area contributed by atoms with Gasteiger partial charge < -0.3 is 15.4 Å². The van der Waals surface area contributed by atoms with Crippen molar-refractivity contribution in [2.24, 2.45) is 5.92 Å². The normalized spacial score (nSPS) is 14.3. The first-order valence-electron chi connectivity index (χ1n) is 8.82. The third kappa shape index (κ3) is 4.02. The molecule has 3 rings (SSSR count). The summed E-state index contributed by atoms with van der Waals surface area (Å²) >= 11 is 0. The van der Waals surface area contributed by atoms with Crippen molar-refractivity contribution in [2.45, 2.75) is 39.0 Å². The fourth-order valence-corrected chi connectivity index (χ4v) is 3.21. The van der Waals surface area contributed by atoms with Crippen LogP contribution < -0.4 is 10.9 Å². The zero-order valence-electron chi connectivity index (χ0n) is 14.7. The molecule has 26 heavy (non-hydrogen) atoms. The van der Waals surface area contributed by atoms with Crippen LogP contribution in [0.3, 0.4) is 0 Å². The Hall–Kier alpha value is -2.89. The fraction of sp³-hybridized carbons (Fsp3) is 0.350. The molecule has 1 atom stereocenters. The summed E-state index contributed by atoms with van der Waals surface area (Å²) in [5.74, 6) is -1.75. The summed E-state index contributed by atoms with van der Waals surface area (Å²) in [5.41, 5.74) is 3.18. The third-order valence-electron chi connectivity index (χ3n) is 4.76. The van der Waals surface area contributed by atoms with Crippen LogP contribution >= 0.6 is 0 Å². The Labute approximate surface area is 151 Å². The summed E-state index contributed by atoms with van der Waals surface area (Å²) < 4.78 is 0. The second-order valence-corrected chi connectivity index (χ2v) is 6.82. The molecule has 1 aliphatic carbocycles. The maximum absolute atomic E-state index is 12.5. The van der Waals surface area contributed by atoms with Gasteiger partial charge in [0.15, 0.2) is 0 Å². The van der Waals surface area contributed by atoms with Crippen LogP contribution in [0, 0.1) is 5.92 Å². The number of amides is 1. The number of anilines is 1. The minimum absolute atomic E-state index is 0.120. The van der Waals surface area contributed by atoms with Crippen molar-refractivity contribution in [1.29, 1.82) is 0 Å². The number of pyridine rings is 1. The first-order chi connectivity index (χ1) is 12.4. The molecule has 1 heterocycles. The molecule has 1 aromatic heterocycles. The topological polar surface area (TPSA) is 99.3 Å². The van der Waals surface area contributed by atoms with Crippen LogP contribution in [-0.4, -0.2) is 22.0 Å². The Morgan fingerprint density at radius 3 is 2.58 bits per heavy atom. The largest absolute Gasteiger partial charge is 0.481 e. The molecule has 0 saturated carbocycles. The number of fused-ring (bicyclic) bond motifs is 1. The van der Waals surface area contributed by atoms with Crippen molar-refractivity contribution in [2.75, 3.05) is 5.32 Å². The summed E-state index contributed by atoms with van der Waals surface area (Å²) in [6, 6.07) is 8.70. The van der Waals surface area contributed by atoms with E-state index in [9.17, 15) is 14.4 Å². The number of carboxylic acid groups (broad SMARTS) is 1. The van der Waals surface area contributed by atoms with Gasteiger partial charge in [-0.2, -0.15) is 0 Å². The second-order valence-electron chi connectivity index (χ2n) is 6.82. The average molecular weight is 354 g/mol. The Morgan fingerprint density at radius 2 is 1.88 bits per heavy atom. The van der Waals surface area contributed by atoms with E-state index >= 15 is 0 Å². The lowest BCUT2D eigenvalue weighted by Gasteiger charge is -2.16. The van der Waals surface area contributed by atoms with Gasteiger partial charge in [0.1, 0.15) is 5.56 Å². The van der Waals surface area contributed by atoms with Gasteiger partial charge in [0.2, 0.25) is 0 Å². The number of aromatic amines is 1. The molecule has 3 N–H and O–H groups in total. The van der Waals surface area contributed by atoms with E-state index in [0.717, 1.165) is 42.5 Å². The molecule has 6 heteroatoms. The van der Waals surface area contributed by atoms with Crippen LogP contribution in [0.1, 0.15) is 46.9 Å². The predicted octanol–water partition coefficient (Wildman–Crippen LogP) is 2.77. The van der Waals surface area contributed by atoms with Crippen molar-refractivity contribution in [3.63, 3.8) is 0 Å². The van der Waals surface area contributed by atoms with Crippen LogP contribution in [0.5, 0.6) is 0 Å². The highest BCUT2D eigenvalue weighted by Gasteiger charge is 2.17. The molecule has 1 unspecified atom stereocenters. The van der Waals surface area contributed by atoms with Gasteiger partial charge in [-0.15, -0.1) is 0 Å². The van der Waals surface area contributed by atoms with Gasteiger partial charge >= 0.3 is 5.97 Å². The van der Waals surface area contributed by atoms with Gasteiger partial charge in [0.05, 0.1) is 5.92 Å². The summed E-state index contributed by atoms with van der Waals surface area (Å²) in [6.07, 6.45) is 4.28. The van der Waals surface area contributed by atoms with Crippen LogP contribution in [0.15, 0.2) is 35.1 Å². The highest BCUT2D eigenvalue weighted by molar-refractivity contribution is 6.04. The van der Waals surface area contributed by atoms with E-state index in [1.807, 2.05) is 0 Å². The van der Waals surface area contributed by atoms with E-state index in [1.54, 1.807) is 37.3 Å². The van der Waals surface area contributed by atoms with E-state index in [2.05, 4.69) is 10.3 Å². The Balaban J connectivity index is 1.72. The second kappa shape index (κ2) is 7.56. The molecule has 1 aliphatic rings. The summed E-state index contributed by atoms with van der Waals surface area (Å²) in [4.78, 5) is 38.4. The number of nitrogens with one attached hydrogen (secondary N) is 2. The molecule has 1 amide bonds. The van der Waals surface area contributed by atoms with E-state index < -0.39 is 17.8 Å². The Morgan fingerprint density at radius 1 is 1.19 bits per heavy atom. The monoisotopic (exact) mass is 354 g/mol. The van der Waals surface area contributed by atoms with Crippen molar-refractivity contribution in [3.05, 3.63) is 63.1 Å². The zero-order valence-corrected chi connectivity index (χ0v) is 14.7. The molecule has 0 bridgehead atoms. The lowest BCUT2D eigenvalue weighted by molar-refractivity contribution is -0.141. The van der Waals surface area contributed by atoms with Crippen molar-refractivity contribution in [3.8, 4) is 0 Å². The number of H-pyrrole nitrogens is 1. The van der Waals surface area contributed by atoms with Crippen LogP contribution in [-0.2, 0) is 24.1 Å². The van der Waals surface area contributed by atoms with Gasteiger partial charge in [0, 0.05) is 11.4 Å². The first-order valence-corrected chi connectivity index (χ1v) is 8.82. The third-order valence-corrected chi connectivity index (χ3v) is 4.76.